The van der Waals surface area contributed by atoms with Crippen LogP contribution in [0.3, 0.4) is 0 Å². The molecule has 2 unspecified atom stereocenters. The van der Waals surface area contributed by atoms with Gasteiger partial charge in [-0.1, -0.05) is 24.3 Å². The highest BCUT2D eigenvalue weighted by Crippen LogP contribution is 2.32. The van der Waals surface area contributed by atoms with Crippen molar-refractivity contribution in [2.24, 2.45) is 0 Å². The molecule has 1 aromatic carbocycles. The van der Waals surface area contributed by atoms with Crippen molar-refractivity contribution in [1.29, 1.82) is 0 Å². The maximum atomic E-state index is 5.84. The summed E-state index contributed by atoms with van der Waals surface area (Å²) >= 11 is 0. The first-order valence-corrected chi connectivity index (χ1v) is 9.40. The van der Waals surface area contributed by atoms with Gasteiger partial charge in [0.05, 0.1) is 29.8 Å². The summed E-state index contributed by atoms with van der Waals surface area (Å²) in [5.74, 6) is 0. The molecule has 1 fully saturated rings. The van der Waals surface area contributed by atoms with Crippen molar-refractivity contribution in [1.82, 2.24) is 14.7 Å². The zero-order valence-electron chi connectivity index (χ0n) is 15.2. The van der Waals surface area contributed by atoms with Crippen LogP contribution >= 0.6 is 0 Å². The third-order valence-electron chi connectivity index (χ3n) is 5.17. The Bertz CT molecular complexity index is 740. The average Bonchev–Trinajstić information content (AvgIpc) is 3.04. The van der Waals surface area contributed by atoms with Gasteiger partial charge in [-0.3, -0.25) is 4.90 Å². The van der Waals surface area contributed by atoms with E-state index in [0.717, 1.165) is 38.2 Å². The van der Waals surface area contributed by atoms with Crippen molar-refractivity contribution < 1.29 is 4.74 Å². The molecular formula is C21H27N3O. The number of hydrogen-bond acceptors (Lipinski definition) is 3. The van der Waals surface area contributed by atoms with Gasteiger partial charge in [0.2, 0.25) is 0 Å². The Kier molecular flexibility index (Phi) is 4.73. The fraction of sp³-hybridized carbons (Fsp3) is 0.476. The first-order valence-electron chi connectivity index (χ1n) is 9.40. The number of benzene rings is 1. The Morgan fingerprint density at radius 1 is 1.12 bits per heavy atom. The molecular weight excluding hydrogens is 310 g/mol. The molecule has 4 rings (SSSR count). The van der Waals surface area contributed by atoms with Gasteiger partial charge >= 0.3 is 0 Å². The van der Waals surface area contributed by atoms with Crippen LogP contribution in [-0.4, -0.2) is 46.5 Å². The Balaban J connectivity index is 1.55. The zero-order chi connectivity index (χ0) is 17.2. The maximum absolute atomic E-state index is 5.84. The van der Waals surface area contributed by atoms with Gasteiger partial charge in [0.25, 0.3) is 0 Å². The molecule has 0 amide bonds. The molecule has 0 N–H and O–H groups in total. The predicted molar refractivity (Wildman–Crippen MR) is 101 cm³/mol. The molecule has 0 radical (unpaired) electrons. The van der Waals surface area contributed by atoms with E-state index in [-0.39, 0.29) is 0 Å². The second-order valence-corrected chi connectivity index (χ2v) is 7.31. The van der Waals surface area contributed by atoms with E-state index in [4.69, 9.17) is 4.74 Å². The van der Waals surface area contributed by atoms with Crippen LogP contribution in [-0.2, 0) is 11.2 Å². The summed E-state index contributed by atoms with van der Waals surface area (Å²) in [7, 11) is 0. The van der Waals surface area contributed by atoms with Crippen molar-refractivity contribution in [2.75, 3.05) is 19.6 Å². The minimum Gasteiger partial charge on any atom is -0.373 e. The number of aromatic nitrogens is 2. The number of fused-ring (bicyclic) bond motifs is 1. The fourth-order valence-corrected chi connectivity index (χ4v) is 4.14. The number of morpholine rings is 1. The Morgan fingerprint density at radius 3 is 2.64 bits per heavy atom. The van der Waals surface area contributed by atoms with E-state index < -0.39 is 0 Å². The molecule has 1 saturated heterocycles. The molecule has 1 aliphatic carbocycles. The van der Waals surface area contributed by atoms with Crippen LogP contribution < -0.4 is 0 Å². The zero-order valence-corrected chi connectivity index (χ0v) is 15.2. The van der Waals surface area contributed by atoms with Crippen LogP contribution in [0.4, 0.5) is 0 Å². The van der Waals surface area contributed by atoms with Crippen molar-refractivity contribution in [3.05, 3.63) is 53.9 Å². The summed E-state index contributed by atoms with van der Waals surface area (Å²) in [6, 6.07) is 10.5. The van der Waals surface area contributed by atoms with Crippen molar-refractivity contribution in [3.8, 4) is 5.69 Å². The van der Waals surface area contributed by atoms with Gasteiger partial charge in [-0.15, -0.1) is 0 Å². The molecule has 2 atom stereocenters. The lowest BCUT2D eigenvalue weighted by atomic mass is 9.92. The minimum atomic E-state index is 0.324. The fourth-order valence-electron chi connectivity index (χ4n) is 4.14. The highest BCUT2D eigenvalue weighted by Gasteiger charge is 2.23. The molecule has 132 valence electrons. The summed E-state index contributed by atoms with van der Waals surface area (Å²) in [4.78, 5) is 2.50. The lowest BCUT2D eigenvalue weighted by molar-refractivity contribution is -0.0646. The third kappa shape index (κ3) is 3.55. The van der Waals surface area contributed by atoms with Crippen LogP contribution in [0, 0.1) is 0 Å². The smallest absolute Gasteiger partial charge is 0.0678 e. The van der Waals surface area contributed by atoms with Crippen LogP contribution in [0.5, 0.6) is 0 Å². The third-order valence-corrected chi connectivity index (χ3v) is 5.17. The first-order chi connectivity index (χ1) is 12.2. The number of hydrogen-bond donors (Lipinski definition) is 0. The molecule has 1 aliphatic heterocycles. The van der Waals surface area contributed by atoms with Crippen LogP contribution in [0.2, 0.25) is 0 Å². The number of para-hydroxylation sites is 1. The number of rotatable bonds is 3. The predicted octanol–water partition coefficient (Wildman–Crippen LogP) is 3.70. The van der Waals surface area contributed by atoms with E-state index >= 15 is 0 Å². The van der Waals surface area contributed by atoms with E-state index in [1.54, 1.807) is 0 Å². The van der Waals surface area contributed by atoms with E-state index in [0.29, 0.717) is 12.2 Å². The van der Waals surface area contributed by atoms with Gasteiger partial charge in [0.1, 0.15) is 0 Å². The monoisotopic (exact) mass is 337 g/mol. The summed E-state index contributed by atoms with van der Waals surface area (Å²) in [6.07, 6.45) is 8.58. The van der Waals surface area contributed by atoms with Crippen LogP contribution in [0.15, 0.2) is 42.6 Å². The molecule has 25 heavy (non-hydrogen) atoms. The molecule has 0 spiro atoms. The van der Waals surface area contributed by atoms with E-state index in [1.165, 1.54) is 23.3 Å². The van der Waals surface area contributed by atoms with Gasteiger partial charge in [0.15, 0.2) is 0 Å². The molecule has 2 aromatic rings. The first kappa shape index (κ1) is 16.6. The van der Waals surface area contributed by atoms with Gasteiger partial charge in [-0.2, -0.15) is 5.10 Å². The maximum Gasteiger partial charge on any atom is 0.0678 e. The number of nitrogens with zero attached hydrogens (tertiary/aromatic N) is 3. The molecule has 2 aliphatic rings. The molecule has 0 bridgehead atoms. The Morgan fingerprint density at radius 2 is 1.88 bits per heavy atom. The van der Waals surface area contributed by atoms with E-state index in [9.17, 15) is 0 Å². The lowest BCUT2D eigenvalue weighted by Gasteiger charge is -2.34. The summed E-state index contributed by atoms with van der Waals surface area (Å²) in [5.41, 5.74) is 5.30. The largest absolute Gasteiger partial charge is 0.373 e. The van der Waals surface area contributed by atoms with Gasteiger partial charge < -0.3 is 4.74 Å². The summed E-state index contributed by atoms with van der Waals surface area (Å²) in [5, 5.41) is 4.68. The van der Waals surface area contributed by atoms with Gasteiger partial charge in [-0.25, -0.2) is 4.68 Å². The molecule has 2 heterocycles. The van der Waals surface area contributed by atoms with Crippen LogP contribution in [0.1, 0.15) is 37.9 Å². The van der Waals surface area contributed by atoms with Crippen molar-refractivity contribution in [2.45, 2.75) is 45.3 Å². The van der Waals surface area contributed by atoms with Gasteiger partial charge in [-0.05, 0) is 50.8 Å². The Labute approximate surface area is 150 Å². The standard InChI is InChI=1S/C21H27N3O/c1-16-14-23(15-17(2)25-16)12-11-18-7-6-10-21-20(18)13-22-24(21)19-8-4-3-5-9-19/h3-5,8-9,11,13,16-17H,6-7,10,12,14-15H2,1-2H3. The molecule has 4 heteroatoms. The summed E-state index contributed by atoms with van der Waals surface area (Å²) < 4.78 is 7.95. The number of allylic oxidation sites excluding steroid dienone is 1. The topological polar surface area (TPSA) is 30.3 Å². The molecule has 4 nitrogen and oxygen atoms in total. The second kappa shape index (κ2) is 7.14. The molecule has 1 aromatic heterocycles. The highest BCUT2D eigenvalue weighted by molar-refractivity contribution is 5.69. The SMILES string of the molecule is CC1CN(CC=C2CCCc3c2cnn3-c2ccccc2)CC(C)O1. The average molecular weight is 337 g/mol. The van der Waals surface area contributed by atoms with E-state index in [2.05, 4.69) is 71.1 Å². The van der Waals surface area contributed by atoms with Gasteiger partial charge in [0, 0.05) is 25.2 Å². The highest BCUT2D eigenvalue weighted by atomic mass is 16.5. The normalized spacial score (nSPS) is 25.9. The number of ether oxygens (including phenoxy) is 1. The minimum absolute atomic E-state index is 0.324. The quantitative estimate of drug-likeness (QED) is 0.855. The summed E-state index contributed by atoms with van der Waals surface area (Å²) in [6.45, 7) is 7.37. The molecule has 0 saturated carbocycles. The Hall–Kier alpha value is -1.91. The van der Waals surface area contributed by atoms with Crippen molar-refractivity contribution >= 4 is 5.57 Å². The van der Waals surface area contributed by atoms with E-state index in [1.807, 2.05) is 0 Å². The lowest BCUT2D eigenvalue weighted by Crippen LogP contribution is -2.45. The second-order valence-electron chi connectivity index (χ2n) is 7.31. The van der Waals surface area contributed by atoms with Crippen LogP contribution in [0.25, 0.3) is 11.3 Å². The van der Waals surface area contributed by atoms with Crippen molar-refractivity contribution in [3.63, 3.8) is 0 Å².